The monoisotopic (exact) mass is 908 g/mol. The van der Waals surface area contributed by atoms with Gasteiger partial charge in [0, 0.05) is 10.3 Å². The second-order valence-electron chi connectivity index (χ2n) is 11.1. The highest BCUT2D eigenvalue weighted by molar-refractivity contribution is 9.14. The van der Waals surface area contributed by atoms with Crippen LogP contribution in [0.5, 0.6) is 0 Å². The zero-order valence-corrected chi connectivity index (χ0v) is 35.1. The Bertz CT molecular complexity index is 786. The Morgan fingerprint density at radius 1 is 0.560 bits per heavy atom. The minimum atomic E-state index is -4.33. The molecule has 12 N–H and O–H groups in total. The van der Waals surface area contributed by atoms with Crippen LogP contribution in [0.1, 0.15) is 55.4 Å². The number of allylic oxidation sites excluding steroid dienone is 1. The van der Waals surface area contributed by atoms with Gasteiger partial charge in [0.15, 0.2) is 0 Å². The van der Waals surface area contributed by atoms with Crippen LogP contribution in [0.3, 0.4) is 0 Å². The first kappa shape index (κ1) is 59.8. The molecule has 0 radical (unpaired) electrons. The topological polar surface area (TPSA) is 314 Å². The summed E-state index contributed by atoms with van der Waals surface area (Å²) in [6.45, 7) is 14.8. The Hall–Kier alpha value is 0.520. The van der Waals surface area contributed by atoms with Crippen LogP contribution in [0.15, 0.2) is 10.3 Å². The second-order valence-corrected chi connectivity index (χ2v) is 16.3. The van der Waals surface area contributed by atoms with E-state index in [1.807, 2.05) is 0 Å². The van der Waals surface area contributed by atoms with Crippen molar-refractivity contribution < 1.29 is 88.5 Å². The summed E-state index contributed by atoms with van der Waals surface area (Å²) in [5.74, 6) is 0.599. The van der Waals surface area contributed by atoms with Gasteiger partial charge in [-0.1, -0.05) is 31.9 Å². The van der Waals surface area contributed by atoms with Crippen molar-refractivity contribution in [2.24, 2.45) is 0 Å². The van der Waals surface area contributed by atoms with Gasteiger partial charge in [-0.2, -0.15) is 0 Å². The molecule has 0 bridgehead atoms. The molecular formula is C28H64Br2O18P2. The third-order valence-corrected chi connectivity index (χ3v) is 9.03. The molecule has 18 nitrogen and oxygen atoms in total. The van der Waals surface area contributed by atoms with Gasteiger partial charge in [-0.25, -0.2) is 0 Å². The van der Waals surface area contributed by atoms with Crippen molar-refractivity contribution in [3.8, 4) is 0 Å². The van der Waals surface area contributed by atoms with Crippen LogP contribution < -0.4 is 0 Å². The zero-order chi connectivity index (χ0) is 40.7. The van der Waals surface area contributed by atoms with E-state index in [0.717, 1.165) is 0 Å². The molecule has 22 heteroatoms. The van der Waals surface area contributed by atoms with Gasteiger partial charge >= 0.3 is 15.2 Å². The third-order valence-electron chi connectivity index (χ3n) is 4.51. The largest absolute Gasteiger partial charge is 0.394 e. The molecule has 0 aromatic heterocycles. The minimum absolute atomic E-state index is 0.00667. The number of alkyl halides is 1. The average Bonchev–Trinajstić information content (AvgIpc) is 2.99. The lowest BCUT2D eigenvalue weighted by Crippen LogP contribution is -2.19. The maximum absolute atomic E-state index is 10.5. The van der Waals surface area contributed by atoms with Gasteiger partial charge < -0.3 is 79.4 Å². The number of hydrogen-bond donors (Lipinski definition) is 12. The molecular weight excluding hydrogens is 846 g/mol. The number of halogens is 2. The van der Waals surface area contributed by atoms with Crippen LogP contribution in [0.25, 0.3) is 0 Å². The first-order valence-electron chi connectivity index (χ1n) is 15.4. The van der Waals surface area contributed by atoms with E-state index in [2.05, 4.69) is 31.9 Å². The van der Waals surface area contributed by atoms with Crippen LogP contribution in [-0.2, 0) is 28.1 Å². The highest BCUT2D eigenvalue weighted by Gasteiger charge is 2.23. The quantitative estimate of drug-likeness (QED) is 0.0581. The summed E-state index contributed by atoms with van der Waals surface area (Å²) in [7, 11) is -8.54. The molecule has 0 saturated heterocycles. The van der Waals surface area contributed by atoms with Gasteiger partial charge in [0.1, 0.15) is 0 Å². The van der Waals surface area contributed by atoms with Gasteiger partial charge in [0.25, 0.3) is 0 Å². The Balaban J connectivity index is -0.000000171. The van der Waals surface area contributed by atoms with Gasteiger partial charge in [-0.3, -0.25) is 9.13 Å². The van der Waals surface area contributed by atoms with Crippen LogP contribution >= 0.6 is 47.1 Å². The summed E-state index contributed by atoms with van der Waals surface area (Å²) < 4.78 is 40.8. The number of aliphatic hydroxyl groups is 8. The van der Waals surface area contributed by atoms with Crippen LogP contribution in [-0.4, -0.2) is 173 Å². The van der Waals surface area contributed by atoms with E-state index in [1.54, 1.807) is 55.4 Å². The first-order valence-corrected chi connectivity index (χ1v) is 20.6. The molecule has 308 valence electrons. The summed E-state index contributed by atoms with van der Waals surface area (Å²) in [6.07, 6.45) is -2.99. The van der Waals surface area contributed by atoms with Crippen molar-refractivity contribution in [2.45, 2.75) is 109 Å². The van der Waals surface area contributed by atoms with E-state index in [4.69, 9.17) is 79.4 Å². The number of ether oxygens (including phenoxy) is 4. The highest BCUT2D eigenvalue weighted by atomic mass is 79.9. The summed E-state index contributed by atoms with van der Waals surface area (Å²) in [5, 5.41) is 68.5. The smallest absolute Gasteiger partial charge is 0.349 e. The molecule has 0 saturated carbocycles. The molecule has 0 aliphatic carbocycles. The lowest BCUT2D eigenvalue weighted by Gasteiger charge is -2.10. The van der Waals surface area contributed by atoms with E-state index in [9.17, 15) is 9.13 Å². The molecule has 0 aromatic carbocycles. The molecule has 0 aliphatic rings. The molecule has 0 aliphatic heterocycles. The number of rotatable bonds is 20. The van der Waals surface area contributed by atoms with Crippen molar-refractivity contribution in [3.63, 3.8) is 0 Å². The van der Waals surface area contributed by atoms with E-state index in [1.165, 1.54) is 0 Å². The van der Waals surface area contributed by atoms with Gasteiger partial charge in [0.05, 0.1) is 113 Å². The molecule has 9 atom stereocenters. The molecule has 9 unspecified atom stereocenters. The van der Waals surface area contributed by atoms with Crippen LogP contribution in [0.2, 0.25) is 0 Å². The average molecular weight is 911 g/mol. The van der Waals surface area contributed by atoms with Gasteiger partial charge in [-0.15, -0.1) is 0 Å². The Labute approximate surface area is 313 Å². The Kier molecular flexibility index (Phi) is 43.6. The molecule has 0 rings (SSSR count). The normalized spacial score (nSPS) is 17.2. The summed E-state index contributed by atoms with van der Waals surface area (Å²) >= 11 is 5.69. The van der Waals surface area contributed by atoms with Crippen molar-refractivity contribution in [2.75, 3.05) is 59.0 Å². The van der Waals surface area contributed by atoms with E-state index < -0.39 is 50.6 Å². The predicted molar refractivity (Wildman–Crippen MR) is 195 cm³/mol. The lowest BCUT2D eigenvalue weighted by atomic mass is 10.4. The van der Waals surface area contributed by atoms with Crippen LogP contribution in [0.4, 0.5) is 0 Å². The maximum Gasteiger partial charge on any atom is 0.349 e. The predicted octanol–water partition coefficient (Wildman–Crippen LogP) is 0.400. The van der Waals surface area contributed by atoms with Gasteiger partial charge in [-0.05, 0) is 55.4 Å². The van der Waals surface area contributed by atoms with Crippen molar-refractivity contribution in [1.29, 1.82) is 0 Å². The Morgan fingerprint density at radius 3 is 0.920 bits per heavy atom. The first-order chi connectivity index (χ1) is 22.7. The zero-order valence-electron chi connectivity index (χ0n) is 30.1. The summed E-state index contributed by atoms with van der Waals surface area (Å²) in [4.78, 5) is 33.4. The number of hydrogen-bond acceptors (Lipinski definition) is 14. The van der Waals surface area contributed by atoms with Crippen molar-refractivity contribution in [1.82, 2.24) is 0 Å². The van der Waals surface area contributed by atoms with Crippen molar-refractivity contribution >= 4 is 47.1 Å². The van der Waals surface area contributed by atoms with E-state index in [0.29, 0.717) is 32.2 Å². The standard InChI is InChI=1S/4C6H14O3.C4H8Br2O6P2/c4*1-5(8)4-9-6(2)3-7;5-3(1-13(7,8)9)4(6)2-14(10,11)12/h4*5-8H,3-4H2,1-2H3;1,4H,2H2,(H2,7,8,9)(H2,10,11,12). The van der Waals surface area contributed by atoms with E-state index >= 15 is 0 Å². The fourth-order valence-corrected chi connectivity index (χ4v) is 5.76. The molecule has 0 heterocycles. The maximum atomic E-state index is 10.5. The molecule has 0 spiro atoms. The summed E-state index contributed by atoms with van der Waals surface area (Å²) in [6, 6.07) is 0. The minimum Gasteiger partial charge on any atom is -0.394 e. The number of aliphatic hydroxyl groups excluding tert-OH is 8. The Morgan fingerprint density at radius 2 is 0.780 bits per heavy atom. The third kappa shape index (κ3) is 60.6. The fraction of sp³-hybridized carbons (Fsp3) is 0.929. The molecule has 0 fully saturated rings. The molecule has 0 aromatic rings. The molecule has 50 heavy (non-hydrogen) atoms. The lowest BCUT2D eigenvalue weighted by molar-refractivity contribution is -0.0177. The SMILES string of the molecule is CC(O)COC(C)CO.CC(O)COC(C)CO.CC(O)COC(C)CO.CC(O)COC(C)CO.O=P(O)(O)C=C(Br)C(Br)CP(=O)(O)O. The van der Waals surface area contributed by atoms with Crippen molar-refractivity contribution in [3.05, 3.63) is 10.3 Å². The fourth-order valence-electron chi connectivity index (χ4n) is 1.96. The summed E-state index contributed by atoms with van der Waals surface area (Å²) in [5.41, 5.74) is 0. The molecule has 0 amide bonds. The van der Waals surface area contributed by atoms with E-state index in [-0.39, 0.29) is 55.3 Å². The van der Waals surface area contributed by atoms with Crippen LogP contribution in [0, 0.1) is 0 Å². The van der Waals surface area contributed by atoms with Gasteiger partial charge in [0.2, 0.25) is 0 Å². The second kappa shape index (κ2) is 36.5. The highest BCUT2D eigenvalue weighted by Crippen LogP contribution is 2.44.